The lowest BCUT2D eigenvalue weighted by atomic mass is 9.99. The summed E-state index contributed by atoms with van der Waals surface area (Å²) in [7, 11) is 0. The van der Waals surface area contributed by atoms with E-state index in [9.17, 15) is 14.9 Å². The molecule has 0 spiro atoms. The number of nitro groups is 1. The van der Waals surface area contributed by atoms with Crippen LogP contribution in [-0.2, 0) is 0 Å². The summed E-state index contributed by atoms with van der Waals surface area (Å²) < 4.78 is 0. The van der Waals surface area contributed by atoms with Crippen molar-refractivity contribution in [1.82, 2.24) is 0 Å². The van der Waals surface area contributed by atoms with Gasteiger partial charge in [0.25, 0.3) is 11.6 Å². The second kappa shape index (κ2) is 7.74. The number of carbonyl (C=O) groups is 1. The fourth-order valence-corrected chi connectivity index (χ4v) is 3.35. The molecule has 1 saturated heterocycles. The molecule has 3 rings (SSSR count). The Hall–Kier alpha value is -2.60. The van der Waals surface area contributed by atoms with Crippen LogP contribution in [-0.4, -0.2) is 23.9 Å². The highest BCUT2D eigenvalue weighted by atomic mass is 35.5. The van der Waals surface area contributed by atoms with Crippen molar-refractivity contribution in [2.45, 2.75) is 19.8 Å². The van der Waals surface area contributed by atoms with Crippen LogP contribution in [0.5, 0.6) is 0 Å². The van der Waals surface area contributed by atoms with Gasteiger partial charge in [-0.3, -0.25) is 14.9 Å². The van der Waals surface area contributed by atoms with Gasteiger partial charge in [0.05, 0.1) is 4.92 Å². The maximum atomic E-state index is 12.3. The predicted molar refractivity (Wildman–Crippen MR) is 103 cm³/mol. The van der Waals surface area contributed by atoms with Crippen LogP contribution in [0.2, 0.25) is 5.02 Å². The minimum absolute atomic E-state index is 0.00741. The van der Waals surface area contributed by atoms with E-state index in [1.165, 1.54) is 6.07 Å². The van der Waals surface area contributed by atoms with Gasteiger partial charge in [-0.05, 0) is 55.2 Å². The molecule has 0 aliphatic carbocycles. The lowest BCUT2D eigenvalue weighted by Crippen LogP contribution is -2.34. The molecule has 0 aromatic heterocycles. The highest BCUT2D eigenvalue weighted by molar-refractivity contribution is 6.30. The molecule has 2 aromatic rings. The zero-order chi connectivity index (χ0) is 18.7. The Morgan fingerprint density at radius 3 is 2.65 bits per heavy atom. The number of nitrogens with one attached hydrogen (secondary N) is 1. The number of piperidine rings is 1. The van der Waals surface area contributed by atoms with Gasteiger partial charge in [-0.15, -0.1) is 0 Å². The normalized spacial score (nSPS) is 17.0. The fourth-order valence-electron chi connectivity index (χ4n) is 3.23. The molecule has 1 heterocycles. The van der Waals surface area contributed by atoms with Crippen molar-refractivity contribution in [1.29, 1.82) is 0 Å². The van der Waals surface area contributed by atoms with Gasteiger partial charge in [-0.1, -0.05) is 18.5 Å². The van der Waals surface area contributed by atoms with E-state index in [2.05, 4.69) is 17.1 Å². The maximum absolute atomic E-state index is 12.3. The van der Waals surface area contributed by atoms with E-state index in [0.29, 0.717) is 27.9 Å². The number of hydrogen-bond acceptors (Lipinski definition) is 4. The molecule has 0 radical (unpaired) electrons. The summed E-state index contributed by atoms with van der Waals surface area (Å²) in [5, 5.41) is 14.8. The number of hydrogen-bond donors (Lipinski definition) is 1. The van der Waals surface area contributed by atoms with Crippen molar-refractivity contribution < 1.29 is 9.72 Å². The number of benzene rings is 2. The van der Waals surface area contributed by atoms with Crippen molar-refractivity contribution in [3.63, 3.8) is 0 Å². The molecule has 0 bridgehead atoms. The number of nitro benzene ring substituents is 1. The number of carbonyl (C=O) groups excluding carboxylic acids is 1. The third kappa shape index (κ3) is 4.14. The SMILES string of the molecule is C[C@@H]1CCCN(c2ccc(NC(=O)c3ccc(Cl)cc3)cc2[N+](=O)[O-])C1. The quantitative estimate of drug-likeness (QED) is 0.620. The van der Waals surface area contributed by atoms with Crippen molar-refractivity contribution in [2.24, 2.45) is 5.92 Å². The van der Waals surface area contributed by atoms with E-state index < -0.39 is 4.92 Å². The molecule has 7 heteroatoms. The van der Waals surface area contributed by atoms with Gasteiger partial charge < -0.3 is 10.2 Å². The fraction of sp³-hybridized carbons (Fsp3) is 0.316. The standard InChI is InChI=1S/C19H20ClN3O3/c1-13-3-2-10-22(12-13)17-9-8-16(11-18(17)23(25)26)21-19(24)14-4-6-15(20)7-5-14/h4-9,11,13H,2-3,10,12H2,1H3,(H,21,24)/t13-/m1/s1. The van der Waals surface area contributed by atoms with Gasteiger partial charge in [0, 0.05) is 35.4 Å². The summed E-state index contributed by atoms with van der Waals surface area (Å²) in [5.74, 6) is 0.169. The second-order valence-electron chi connectivity index (χ2n) is 6.62. The molecule has 1 N–H and O–H groups in total. The zero-order valence-corrected chi connectivity index (χ0v) is 15.2. The average molecular weight is 374 g/mol. The predicted octanol–water partition coefficient (Wildman–Crippen LogP) is 4.74. The first kappa shape index (κ1) is 18.2. The van der Waals surface area contributed by atoms with Gasteiger partial charge in [0.15, 0.2) is 0 Å². The first-order chi connectivity index (χ1) is 12.4. The number of rotatable bonds is 4. The Balaban J connectivity index is 1.83. The molecule has 1 amide bonds. The summed E-state index contributed by atoms with van der Waals surface area (Å²) in [5.41, 5.74) is 1.44. The van der Waals surface area contributed by atoms with Crippen LogP contribution < -0.4 is 10.2 Å². The van der Waals surface area contributed by atoms with Crippen LogP contribution in [0, 0.1) is 16.0 Å². The zero-order valence-electron chi connectivity index (χ0n) is 14.4. The number of nitrogens with zero attached hydrogens (tertiary/aromatic N) is 2. The van der Waals surface area contributed by atoms with E-state index in [4.69, 9.17) is 11.6 Å². The van der Waals surface area contributed by atoms with E-state index in [1.807, 2.05) is 0 Å². The van der Waals surface area contributed by atoms with E-state index in [-0.39, 0.29) is 11.6 Å². The van der Waals surface area contributed by atoms with Gasteiger partial charge in [-0.25, -0.2) is 0 Å². The van der Waals surface area contributed by atoms with Crippen LogP contribution in [0.3, 0.4) is 0 Å². The minimum Gasteiger partial charge on any atom is -0.366 e. The molecule has 0 unspecified atom stereocenters. The lowest BCUT2D eigenvalue weighted by molar-refractivity contribution is -0.384. The molecule has 1 aliphatic heterocycles. The van der Waals surface area contributed by atoms with Crippen molar-refractivity contribution in [3.05, 3.63) is 63.2 Å². The highest BCUT2D eigenvalue weighted by Gasteiger charge is 2.24. The van der Waals surface area contributed by atoms with E-state index in [0.717, 1.165) is 25.9 Å². The Morgan fingerprint density at radius 2 is 2.00 bits per heavy atom. The molecule has 136 valence electrons. The summed E-state index contributed by atoms with van der Waals surface area (Å²) in [6.07, 6.45) is 2.16. The molecule has 1 aliphatic rings. The summed E-state index contributed by atoms with van der Waals surface area (Å²) >= 11 is 5.82. The van der Waals surface area contributed by atoms with Crippen LogP contribution in [0.25, 0.3) is 0 Å². The van der Waals surface area contributed by atoms with E-state index >= 15 is 0 Å². The first-order valence-corrected chi connectivity index (χ1v) is 8.92. The largest absolute Gasteiger partial charge is 0.366 e. The molecule has 1 atom stereocenters. The summed E-state index contributed by atoms with van der Waals surface area (Å²) in [4.78, 5) is 25.5. The van der Waals surface area contributed by atoms with Crippen LogP contribution in [0.1, 0.15) is 30.1 Å². The topological polar surface area (TPSA) is 75.5 Å². The molecular weight excluding hydrogens is 354 g/mol. The van der Waals surface area contributed by atoms with Crippen LogP contribution in [0.4, 0.5) is 17.1 Å². The minimum atomic E-state index is -0.396. The maximum Gasteiger partial charge on any atom is 0.294 e. The molecule has 2 aromatic carbocycles. The Morgan fingerprint density at radius 1 is 1.27 bits per heavy atom. The third-order valence-corrected chi connectivity index (χ3v) is 4.79. The third-order valence-electron chi connectivity index (χ3n) is 4.53. The Bertz CT molecular complexity index is 823. The molecular formula is C19H20ClN3O3. The monoisotopic (exact) mass is 373 g/mol. The molecule has 6 nitrogen and oxygen atoms in total. The average Bonchev–Trinajstić information content (AvgIpc) is 2.62. The Kier molecular flexibility index (Phi) is 5.42. The lowest BCUT2D eigenvalue weighted by Gasteiger charge is -2.32. The van der Waals surface area contributed by atoms with Crippen molar-refractivity contribution in [2.75, 3.05) is 23.3 Å². The second-order valence-corrected chi connectivity index (χ2v) is 7.05. The first-order valence-electron chi connectivity index (χ1n) is 8.54. The number of anilines is 2. The molecule has 26 heavy (non-hydrogen) atoms. The summed E-state index contributed by atoms with van der Waals surface area (Å²) in [6.45, 7) is 3.76. The molecule has 1 fully saturated rings. The van der Waals surface area contributed by atoms with Gasteiger partial charge >= 0.3 is 0 Å². The van der Waals surface area contributed by atoms with Crippen LogP contribution in [0.15, 0.2) is 42.5 Å². The van der Waals surface area contributed by atoms with E-state index in [1.54, 1.807) is 36.4 Å². The van der Waals surface area contributed by atoms with Crippen molar-refractivity contribution in [3.8, 4) is 0 Å². The molecule has 0 saturated carbocycles. The van der Waals surface area contributed by atoms with Crippen LogP contribution >= 0.6 is 11.6 Å². The van der Waals surface area contributed by atoms with Gasteiger partial charge in [0.2, 0.25) is 0 Å². The van der Waals surface area contributed by atoms with Crippen molar-refractivity contribution >= 4 is 34.6 Å². The number of halogens is 1. The Labute approximate surface area is 156 Å². The van der Waals surface area contributed by atoms with Gasteiger partial charge in [0.1, 0.15) is 5.69 Å². The summed E-state index contributed by atoms with van der Waals surface area (Å²) in [6, 6.07) is 11.3. The highest BCUT2D eigenvalue weighted by Crippen LogP contribution is 2.34. The smallest absolute Gasteiger partial charge is 0.294 e. The van der Waals surface area contributed by atoms with Gasteiger partial charge in [-0.2, -0.15) is 0 Å². The number of amides is 1.